The Balaban J connectivity index is 1.50. The van der Waals surface area contributed by atoms with Crippen LogP contribution in [0.1, 0.15) is 17.2 Å². The van der Waals surface area contributed by atoms with Gasteiger partial charge in [0.2, 0.25) is 0 Å². The first-order chi connectivity index (χ1) is 12.8. The van der Waals surface area contributed by atoms with E-state index < -0.39 is 0 Å². The Hall–Kier alpha value is -2.79. The molecule has 134 valence electrons. The zero-order chi connectivity index (χ0) is 17.8. The monoisotopic (exact) mass is 348 g/mol. The molecule has 3 aromatic rings. The van der Waals surface area contributed by atoms with Crippen molar-refractivity contribution >= 4 is 5.82 Å². The average Bonchev–Trinajstić information content (AvgIpc) is 3.17. The molecule has 5 nitrogen and oxygen atoms in total. The smallest absolute Gasteiger partial charge is 0.124 e. The summed E-state index contributed by atoms with van der Waals surface area (Å²) in [5.41, 5.74) is 2.50. The first-order valence-corrected chi connectivity index (χ1v) is 9.01. The zero-order valence-electron chi connectivity index (χ0n) is 14.9. The van der Waals surface area contributed by atoms with Gasteiger partial charge < -0.3 is 15.4 Å². The molecule has 1 aliphatic rings. The zero-order valence-corrected chi connectivity index (χ0v) is 14.9. The Morgan fingerprint density at radius 3 is 2.65 bits per heavy atom. The second-order valence-electron chi connectivity index (χ2n) is 6.67. The first kappa shape index (κ1) is 16.7. The van der Waals surface area contributed by atoms with Gasteiger partial charge in [0.1, 0.15) is 11.6 Å². The van der Waals surface area contributed by atoms with E-state index in [4.69, 9.17) is 4.74 Å². The highest BCUT2D eigenvalue weighted by molar-refractivity contribution is 5.36. The van der Waals surface area contributed by atoms with Gasteiger partial charge in [-0.1, -0.05) is 42.5 Å². The minimum Gasteiger partial charge on any atom is -0.497 e. The lowest BCUT2D eigenvalue weighted by atomic mass is 9.97. The van der Waals surface area contributed by atoms with Crippen molar-refractivity contribution < 1.29 is 4.74 Å². The van der Waals surface area contributed by atoms with Crippen LogP contribution >= 0.6 is 0 Å². The van der Waals surface area contributed by atoms with Crippen molar-refractivity contribution in [2.45, 2.75) is 12.6 Å². The quantitative estimate of drug-likeness (QED) is 0.718. The maximum absolute atomic E-state index is 5.30. The van der Waals surface area contributed by atoms with Crippen LogP contribution in [0.15, 0.2) is 66.9 Å². The van der Waals surface area contributed by atoms with Crippen LogP contribution in [0.25, 0.3) is 0 Å². The van der Waals surface area contributed by atoms with Gasteiger partial charge in [0.05, 0.1) is 19.3 Å². The maximum atomic E-state index is 5.30. The average molecular weight is 348 g/mol. The highest BCUT2D eigenvalue weighted by Gasteiger charge is 2.20. The molecule has 0 radical (unpaired) electrons. The molecule has 0 bridgehead atoms. The number of nitrogens with one attached hydrogen (secondary N) is 2. The van der Waals surface area contributed by atoms with Crippen LogP contribution < -0.4 is 15.4 Å². The Morgan fingerprint density at radius 1 is 1.12 bits per heavy atom. The Morgan fingerprint density at radius 2 is 1.88 bits per heavy atom. The fourth-order valence-electron chi connectivity index (χ4n) is 3.48. The minimum absolute atomic E-state index is 0.154. The number of rotatable bonds is 6. The van der Waals surface area contributed by atoms with Crippen LogP contribution in [0.3, 0.4) is 0 Å². The Kier molecular flexibility index (Phi) is 4.88. The lowest BCUT2D eigenvalue weighted by Gasteiger charge is -2.28. The van der Waals surface area contributed by atoms with Crippen molar-refractivity contribution in [1.29, 1.82) is 0 Å². The molecular formula is C21H24N4O. The number of aromatic nitrogens is 2. The third-order valence-electron chi connectivity index (χ3n) is 4.91. The highest BCUT2D eigenvalue weighted by atomic mass is 16.5. The van der Waals surface area contributed by atoms with Crippen molar-refractivity contribution in [2.75, 3.05) is 25.5 Å². The molecule has 2 atom stereocenters. The molecule has 5 heteroatoms. The summed E-state index contributed by atoms with van der Waals surface area (Å²) < 4.78 is 7.34. The van der Waals surface area contributed by atoms with Gasteiger partial charge in [-0.05, 0) is 23.3 Å². The Labute approximate surface area is 154 Å². The summed E-state index contributed by atoms with van der Waals surface area (Å²) in [5.74, 6) is 2.48. The summed E-state index contributed by atoms with van der Waals surface area (Å²) in [5, 5.41) is 11.6. The van der Waals surface area contributed by atoms with Crippen molar-refractivity contribution in [1.82, 2.24) is 15.1 Å². The van der Waals surface area contributed by atoms with Crippen LogP contribution in [0.5, 0.6) is 5.75 Å². The number of methoxy groups -OCH3 is 1. The van der Waals surface area contributed by atoms with Gasteiger partial charge in [-0.3, -0.25) is 0 Å². The summed E-state index contributed by atoms with van der Waals surface area (Å²) in [6, 6.07) is 21.1. The predicted octanol–water partition coefficient (Wildman–Crippen LogP) is 3.31. The normalized spacial score (nSPS) is 17.2. The third kappa shape index (κ3) is 3.58. The molecule has 0 saturated carbocycles. The number of ether oxygens (including phenoxy) is 1. The SMILES string of the molecule is COc1ccc([C@H](NC[C@H]2CNc3ccnn3C2)c2ccccc2)cc1. The van der Waals surface area contributed by atoms with Gasteiger partial charge in [-0.25, -0.2) is 4.68 Å². The standard InChI is InChI=1S/C21H24N4O/c1-26-19-9-7-18(8-10-19)21(17-5-3-2-4-6-17)23-14-16-13-22-20-11-12-24-25(20)15-16/h2-12,16,21-23H,13-15H2,1H3/t16-,21-/m1/s1. The second kappa shape index (κ2) is 7.62. The fraction of sp³-hybridized carbons (Fsp3) is 0.286. The third-order valence-corrected chi connectivity index (χ3v) is 4.91. The number of fused-ring (bicyclic) bond motifs is 1. The molecule has 0 saturated heterocycles. The van der Waals surface area contributed by atoms with Crippen molar-refractivity contribution in [3.8, 4) is 5.75 Å². The molecule has 26 heavy (non-hydrogen) atoms. The van der Waals surface area contributed by atoms with Crippen molar-refractivity contribution in [3.63, 3.8) is 0 Å². The molecule has 0 amide bonds. The summed E-state index contributed by atoms with van der Waals surface area (Å²) in [7, 11) is 1.70. The first-order valence-electron chi connectivity index (χ1n) is 9.01. The van der Waals surface area contributed by atoms with Gasteiger partial charge >= 0.3 is 0 Å². The van der Waals surface area contributed by atoms with Crippen LogP contribution in [-0.2, 0) is 6.54 Å². The highest BCUT2D eigenvalue weighted by Crippen LogP contribution is 2.25. The second-order valence-corrected chi connectivity index (χ2v) is 6.67. The summed E-state index contributed by atoms with van der Waals surface area (Å²) in [6.07, 6.45) is 1.85. The summed E-state index contributed by atoms with van der Waals surface area (Å²) in [6.45, 7) is 2.81. The van der Waals surface area contributed by atoms with Crippen molar-refractivity contribution in [3.05, 3.63) is 78.0 Å². The minimum atomic E-state index is 0.154. The molecule has 1 aliphatic heterocycles. The van der Waals surface area contributed by atoms with E-state index in [9.17, 15) is 0 Å². The van der Waals surface area contributed by atoms with Gasteiger partial charge in [-0.15, -0.1) is 0 Å². The summed E-state index contributed by atoms with van der Waals surface area (Å²) >= 11 is 0. The largest absolute Gasteiger partial charge is 0.497 e. The molecule has 0 unspecified atom stereocenters. The molecule has 2 aromatic carbocycles. The van der Waals surface area contributed by atoms with Crippen LogP contribution in [0.2, 0.25) is 0 Å². The van der Waals surface area contributed by atoms with Crippen LogP contribution in [-0.4, -0.2) is 30.0 Å². The van der Waals surface area contributed by atoms with E-state index in [0.717, 1.165) is 31.2 Å². The number of hydrogen-bond acceptors (Lipinski definition) is 4. The molecular weight excluding hydrogens is 324 g/mol. The maximum Gasteiger partial charge on any atom is 0.124 e. The van der Waals surface area contributed by atoms with E-state index in [1.54, 1.807) is 7.11 Å². The molecule has 4 rings (SSSR count). The topological polar surface area (TPSA) is 51.1 Å². The number of nitrogens with zero attached hydrogens (tertiary/aromatic N) is 2. The van der Waals surface area contributed by atoms with Gasteiger partial charge in [-0.2, -0.15) is 5.10 Å². The lowest BCUT2D eigenvalue weighted by molar-refractivity contribution is 0.381. The van der Waals surface area contributed by atoms with Gasteiger partial charge in [0.15, 0.2) is 0 Å². The molecule has 0 spiro atoms. The van der Waals surface area contributed by atoms with E-state index in [-0.39, 0.29) is 6.04 Å². The number of anilines is 1. The van der Waals surface area contributed by atoms with Crippen LogP contribution in [0, 0.1) is 5.92 Å². The molecule has 0 fully saturated rings. The molecule has 0 aliphatic carbocycles. The van der Waals surface area contributed by atoms with E-state index in [0.29, 0.717) is 5.92 Å². The predicted molar refractivity (Wildman–Crippen MR) is 103 cm³/mol. The number of benzene rings is 2. The molecule has 2 heterocycles. The van der Waals surface area contributed by atoms with Crippen LogP contribution in [0.4, 0.5) is 5.82 Å². The fourth-order valence-corrected chi connectivity index (χ4v) is 3.48. The van der Waals surface area contributed by atoms with E-state index in [1.807, 2.05) is 29.1 Å². The summed E-state index contributed by atoms with van der Waals surface area (Å²) in [4.78, 5) is 0. The molecule has 1 aromatic heterocycles. The van der Waals surface area contributed by atoms with E-state index >= 15 is 0 Å². The van der Waals surface area contributed by atoms with E-state index in [2.05, 4.69) is 58.2 Å². The van der Waals surface area contributed by atoms with Gasteiger partial charge in [0.25, 0.3) is 0 Å². The lowest BCUT2D eigenvalue weighted by Crippen LogP contribution is -2.37. The van der Waals surface area contributed by atoms with Crippen molar-refractivity contribution in [2.24, 2.45) is 5.92 Å². The van der Waals surface area contributed by atoms with Gasteiger partial charge in [0, 0.05) is 31.6 Å². The Bertz CT molecular complexity index is 829. The number of hydrogen-bond donors (Lipinski definition) is 2. The molecule has 2 N–H and O–H groups in total. The van der Waals surface area contributed by atoms with E-state index in [1.165, 1.54) is 11.1 Å².